The van der Waals surface area contributed by atoms with Crippen molar-refractivity contribution in [2.75, 3.05) is 16.8 Å². The maximum atomic E-state index is 12.6. The van der Waals surface area contributed by atoms with E-state index in [4.69, 9.17) is 0 Å². The van der Waals surface area contributed by atoms with Gasteiger partial charge in [-0.25, -0.2) is 0 Å². The van der Waals surface area contributed by atoms with Gasteiger partial charge in [-0.2, -0.15) is 0 Å². The molecule has 1 N–H and O–H groups in total. The van der Waals surface area contributed by atoms with Gasteiger partial charge in [0.1, 0.15) is 0 Å². The maximum absolute atomic E-state index is 12.6. The number of carbonyl (C=O) groups excluding carboxylic acids is 2. The molecule has 1 aliphatic rings. The van der Waals surface area contributed by atoms with Crippen LogP contribution < -0.4 is 10.2 Å². The summed E-state index contributed by atoms with van der Waals surface area (Å²) in [4.78, 5) is 26.6. The molecule has 0 spiro atoms. The van der Waals surface area contributed by atoms with Crippen LogP contribution in [0.2, 0.25) is 0 Å². The Balaban J connectivity index is 1.63. The Morgan fingerprint density at radius 2 is 1.81 bits per heavy atom. The Labute approximate surface area is 155 Å². The molecule has 4 heteroatoms. The summed E-state index contributed by atoms with van der Waals surface area (Å²) in [6.45, 7) is 6.80. The number of rotatable bonds is 5. The van der Waals surface area contributed by atoms with Crippen LogP contribution in [0.15, 0.2) is 48.5 Å². The van der Waals surface area contributed by atoms with E-state index in [-0.39, 0.29) is 24.2 Å². The molecule has 2 aromatic carbocycles. The van der Waals surface area contributed by atoms with Crippen molar-refractivity contribution in [3.05, 3.63) is 59.7 Å². The predicted octanol–water partition coefficient (Wildman–Crippen LogP) is 4.50. The Hall–Kier alpha value is -2.62. The third kappa shape index (κ3) is 3.96. The van der Waals surface area contributed by atoms with Gasteiger partial charge in [0.05, 0.1) is 5.92 Å². The van der Waals surface area contributed by atoms with Crippen molar-refractivity contribution in [3.8, 4) is 0 Å². The van der Waals surface area contributed by atoms with Crippen LogP contribution in [0, 0.1) is 12.8 Å². The molecule has 0 radical (unpaired) electrons. The number of nitrogens with zero attached hydrogens (tertiary/aromatic N) is 1. The minimum absolute atomic E-state index is 0.00104. The Bertz CT molecular complexity index is 781. The molecule has 0 aliphatic carbocycles. The lowest BCUT2D eigenvalue weighted by atomic mass is 9.98. The van der Waals surface area contributed by atoms with Gasteiger partial charge in [0.15, 0.2) is 0 Å². The van der Waals surface area contributed by atoms with E-state index in [9.17, 15) is 9.59 Å². The first-order valence-electron chi connectivity index (χ1n) is 9.25. The van der Waals surface area contributed by atoms with Crippen LogP contribution in [0.3, 0.4) is 0 Å². The molecule has 0 unspecified atom stereocenters. The highest BCUT2D eigenvalue weighted by Crippen LogP contribution is 2.27. The number of amides is 2. The van der Waals surface area contributed by atoms with Crippen LogP contribution in [-0.2, 0) is 9.59 Å². The van der Waals surface area contributed by atoms with E-state index in [0.717, 1.165) is 23.4 Å². The Morgan fingerprint density at radius 1 is 1.15 bits per heavy atom. The lowest BCUT2D eigenvalue weighted by Gasteiger charge is -2.17. The molecule has 2 aromatic rings. The topological polar surface area (TPSA) is 49.4 Å². The molecule has 3 rings (SSSR count). The van der Waals surface area contributed by atoms with Crippen LogP contribution >= 0.6 is 0 Å². The highest BCUT2D eigenvalue weighted by atomic mass is 16.2. The SMILES string of the molecule is CC[C@@H](C)c1ccc(NC(=O)[C@@H]2CC(=O)N(c3ccc(C)cc3)C2)cc1. The number of hydrogen-bond acceptors (Lipinski definition) is 2. The van der Waals surface area contributed by atoms with Gasteiger partial charge in [0.25, 0.3) is 0 Å². The van der Waals surface area contributed by atoms with Gasteiger partial charge in [0, 0.05) is 24.3 Å². The number of hydrogen-bond donors (Lipinski definition) is 1. The molecule has 4 nitrogen and oxygen atoms in total. The fourth-order valence-electron chi connectivity index (χ4n) is 3.23. The second-order valence-corrected chi connectivity index (χ2v) is 7.16. The summed E-state index contributed by atoms with van der Waals surface area (Å²) in [6, 6.07) is 15.8. The van der Waals surface area contributed by atoms with Gasteiger partial charge in [-0.1, -0.05) is 43.7 Å². The second-order valence-electron chi connectivity index (χ2n) is 7.16. The summed E-state index contributed by atoms with van der Waals surface area (Å²) in [5.41, 5.74) is 4.06. The molecule has 2 amide bonds. The van der Waals surface area contributed by atoms with E-state index < -0.39 is 0 Å². The van der Waals surface area contributed by atoms with Crippen LogP contribution in [-0.4, -0.2) is 18.4 Å². The predicted molar refractivity (Wildman–Crippen MR) is 105 cm³/mol. The van der Waals surface area contributed by atoms with Crippen LogP contribution in [0.5, 0.6) is 0 Å². The summed E-state index contributed by atoms with van der Waals surface area (Å²) in [5, 5.41) is 2.95. The van der Waals surface area contributed by atoms with E-state index in [0.29, 0.717) is 12.5 Å². The lowest BCUT2D eigenvalue weighted by Crippen LogP contribution is -2.28. The number of carbonyl (C=O) groups is 2. The van der Waals surface area contributed by atoms with Gasteiger partial charge in [0.2, 0.25) is 11.8 Å². The average molecular weight is 350 g/mol. The van der Waals surface area contributed by atoms with Gasteiger partial charge in [-0.15, -0.1) is 0 Å². The summed E-state index contributed by atoms with van der Waals surface area (Å²) in [5.74, 6) is 0.0960. The fraction of sp³-hybridized carbons (Fsp3) is 0.364. The van der Waals surface area contributed by atoms with Crippen LogP contribution in [0.25, 0.3) is 0 Å². The first kappa shape index (κ1) is 18.2. The minimum Gasteiger partial charge on any atom is -0.326 e. The molecule has 1 heterocycles. The quantitative estimate of drug-likeness (QED) is 0.863. The summed E-state index contributed by atoms with van der Waals surface area (Å²) < 4.78 is 0. The van der Waals surface area contributed by atoms with Crippen molar-refractivity contribution in [1.82, 2.24) is 0 Å². The van der Waals surface area contributed by atoms with Gasteiger partial charge in [-0.3, -0.25) is 9.59 Å². The normalized spacial score (nSPS) is 18.0. The molecule has 1 saturated heterocycles. The molecule has 1 aliphatic heterocycles. The molecular weight excluding hydrogens is 324 g/mol. The van der Waals surface area contributed by atoms with Crippen LogP contribution in [0.4, 0.5) is 11.4 Å². The summed E-state index contributed by atoms with van der Waals surface area (Å²) in [6.07, 6.45) is 1.34. The highest BCUT2D eigenvalue weighted by Gasteiger charge is 2.35. The van der Waals surface area contributed by atoms with E-state index in [2.05, 4.69) is 31.3 Å². The monoisotopic (exact) mass is 350 g/mol. The molecule has 0 bridgehead atoms. The molecule has 2 atom stereocenters. The first-order chi connectivity index (χ1) is 12.5. The van der Waals surface area contributed by atoms with E-state index in [1.54, 1.807) is 4.90 Å². The zero-order chi connectivity index (χ0) is 18.7. The highest BCUT2D eigenvalue weighted by molar-refractivity contribution is 6.03. The standard InChI is InChI=1S/C22H26N2O2/c1-4-16(3)17-7-9-19(10-8-17)23-22(26)18-13-21(25)24(14-18)20-11-5-15(2)6-12-20/h5-12,16,18H,4,13-14H2,1-3H3,(H,23,26)/t16-,18-/m1/s1. The van der Waals surface area contributed by atoms with Crippen LogP contribution in [0.1, 0.15) is 43.7 Å². The lowest BCUT2D eigenvalue weighted by molar-refractivity contribution is -0.122. The van der Waals surface area contributed by atoms with Crippen molar-refractivity contribution in [3.63, 3.8) is 0 Å². The summed E-state index contributed by atoms with van der Waals surface area (Å²) in [7, 11) is 0. The van der Waals surface area contributed by atoms with E-state index in [1.165, 1.54) is 5.56 Å². The van der Waals surface area contributed by atoms with Crippen molar-refractivity contribution in [1.29, 1.82) is 0 Å². The number of nitrogens with one attached hydrogen (secondary N) is 1. The van der Waals surface area contributed by atoms with Crippen molar-refractivity contribution < 1.29 is 9.59 Å². The van der Waals surface area contributed by atoms with Crippen molar-refractivity contribution in [2.45, 2.75) is 39.5 Å². The molecule has 136 valence electrons. The van der Waals surface area contributed by atoms with Crippen molar-refractivity contribution in [2.24, 2.45) is 5.92 Å². The van der Waals surface area contributed by atoms with E-state index in [1.807, 2.05) is 43.3 Å². The third-order valence-corrected chi connectivity index (χ3v) is 5.20. The Morgan fingerprint density at radius 3 is 2.42 bits per heavy atom. The average Bonchev–Trinajstić information content (AvgIpc) is 3.04. The molecular formula is C22H26N2O2. The van der Waals surface area contributed by atoms with Gasteiger partial charge < -0.3 is 10.2 Å². The van der Waals surface area contributed by atoms with Gasteiger partial charge >= 0.3 is 0 Å². The number of anilines is 2. The maximum Gasteiger partial charge on any atom is 0.229 e. The molecule has 1 fully saturated rings. The third-order valence-electron chi connectivity index (χ3n) is 5.20. The fourth-order valence-corrected chi connectivity index (χ4v) is 3.23. The zero-order valence-electron chi connectivity index (χ0n) is 15.7. The largest absolute Gasteiger partial charge is 0.326 e. The molecule has 26 heavy (non-hydrogen) atoms. The number of benzene rings is 2. The Kier molecular flexibility index (Phi) is 5.40. The zero-order valence-corrected chi connectivity index (χ0v) is 15.7. The minimum atomic E-state index is -0.321. The number of aryl methyl sites for hydroxylation is 1. The molecule has 0 aromatic heterocycles. The second kappa shape index (κ2) is 7.73. The molecule has 0 saturated carbocycles. The first-order valence-corrected chi connectivity index (χ1v) is 9.25. The van der Waals surface area contributed by atoms with E-state index >= 15 is 0 Å². The van der Waals surface area contributed by atoms with Gasteiger partial charge in [-0.05, 0) is 49.1 Å². The smallest absolute Gasteiger partial charge is 0.229 e. The summed E-state index contributed by atoms with van der Waals surface area (Å²) >= 11 is 0. The van der Waals surface area contributed by atoms with Crippen molar-refractivity contribution >= 4 is 23.2 Å².